The molecule has 1 heteroatoms. The summed E-state index contributed by atoms with van der Waals surface area (Å²) in [6.07, 6.45) is 26.3. The van der Waals surface area contributed by atoms with Gasteiger partial charge in [0, 0.05) is 5.92 Å². The van der Waals surface area contributed by atoms with Crippen molar-refractivity contribution in [2.24, 2.45) is 23.7 Å². The summed E-state index contributed by atoms with van der Waals surface area (Å²) in [5.74, 6) is 3.51. The monoisotopic (exact) mass is 383 g/mol. The van der Waals surface area contributed by atoms with E-state index in [1.54, 1.807) is 0 Å². The molecule has 0 aromatic rings. The second-order valence-electron chi connectivity index (χ2n) is 10.7. The average molecular weight is 384 g/mol. The minimum atomic E-state index is 0.797. The normalized spacial score (nSPS) is 29.0. The van der Waals surface area contributed by atoms with Gasteiger partial charge in [-0.05, 0) is 88.9 Å². The highest BCUT2D eigenvalue weighted by molar-refractivity contribution is 5.46. The Morgan fingerprint density at radius 1 is 0.679 bits per heavy atom. The second kappa shape index (κ2) is 9.96. The van der Waals surface area contributed by atoms with Crippen molar-refractivity contribution < 1.29 is 0 Å². The van der Waals surface area contributed by atoms with E-state index in [-0.39, 0.29) is 0 Å². The van der Waals surface area contributed by atoms with Crippen LogP contribution in [-0.2, 0) is 0 Å². The molecule has 0 aromatic heterocycles. The third-order valence-electron chi connectivity index (χ3n) is 8.46. The maximum absolute atomic E-state index is 2.83. The summed E-state index contributed by atoms with van der Waals surface area (Å²) in [5, 5.41) is 0. The summed E-state index contributed by atoms with van der Waals surface area (Å²) in [6, 6.07) is 0. The maximum Gasteiger partial charge on any atom is 0.00338 e. The predicted octanol–water partition coefficient (Wildman–Crippen LogP) is 7.53. The Balaban J connectivity index is 1.65. The van der Waals surface area contributed by atoms with Crippen molar-refractivity contribution in [1.29, 1.82) is 0 Å². The quantitative estimate of drug-likeness (QED) is 0.458. The van der Waals surface area contributed by atoms with Gasteiger partial charge in [-0.15, -0.1) is 0 Å². The van der Waals surface area contributed by atoms with E-state index in [4.69, 9.17) is 0 Å². The van der Waals surface area contributed by atoms with Crippen LogP contribution in [0.5, 0.6) is 0 Å². The third-order valence-corrected chi connectivity index (χ3v) is 8.46. The number of hydrogen-bond donors (Lipinski definition) is 0. The van der Waals surface area contributed by atoms with Crippen molar-refractivity contribution in [2.45, 2.75) is 103 Å². The molecule has 0 saturated heterocycles. The zero-order chi connectivity index (χ0) is 19.3. The molecule has 0 aromatic carbocycles. The number of hydrogen-bond acceptors (Lipinski definition) is 1. The van der Waals surface area contributed by atoms with Crippen LogP contribution in [0.1, 0.15) is 103 Å². The predicted molar refractivity (Wildman–Crippen MR) is 121 cm³/mol. The molecule has 4 aliphatic carbocycles. The van der Waals surface area contributed by atoms with Crippen LogP contribution in [0.25, 0.3) is 0 Å². The fourth-order valence-corrected chi connectivity index (χ4v) is 6.99. The van der Waals surface area contributed by atoms with Gasteiger partial charge in [-0.1, -0.05) is 75.0 Å². The van der Waals surface area contributed by atoms with Crippen LogP contribution < -0.4 is 0 Å². The summed E-state index contributed by atoms with van der Waals surface area (Å²) in [5.41, 5.74) is 5.77. The molecule has 0 N–H and O–H groups in total. The first-order valence-corrected chi connectivity index (χ1v) is 12.8. The van der Waals surface area contributed by atoms with Gasteiger partial charge >= 0.3 is 0 Å². The molecule has 1 nitrogen and oxygen atoms in total. The average Bonchev–Trinajstić information content (AvgIpc) is 3.13. The fraction of sp³-hybridized carbons (Fsp3) is 0.852. The van der Waals surface area contributed by atoms with Crippen LogP contribution in [0.4, 0.5) is 0 Å². The molecule has 1 atom stereocenters. The van der Waals surface area contributed by atoms with E-state index in [1.165, 1.54) is 109 Å². The van der Waals surface area contributed by atoms with Crippen molar-refractivity contribution in [3.05, 3.63) is 22.8 Å². The molecular weight excluding hydrogens is 338 g/mol. The van der Waals surface area contributed by atoms with Crippen LogP contribution in [0.15, 0.2) is 22.8 Å². The minimum absolute atomic E-state index is 0.797. The van der Waals surface area contributed by atoms with Crippen LogP contribution in [-0.4, -0.2) is 25.5 Å². The highest BCUT2D eigenvalue weighted by Gasteiger charge is 2.38. The maximum atomic E-state index is 2.83. The van der Waals surface area contributed by atoms with Crippen LogP contribution in [0.2, 0.25) is 0 Å². The fourth-order valence-electron chi connectivity index (χ4n) is 6.99. The van der Waals surface area contributed by atoms with E-state index in [0.29, 0.717) is 0 Å². The van der Waals surface area contributed by atoms with Crippen LogP contribution in [0.3, 0.4) is 0 Å². The largest absolute Gasteiger partial charge is 0.309 e. The lowest BCUT2D eigenvalue weighted by atomic mass is 9.71. The molecule has 4 aliphatic rings. The molecule has 3 saturated carbocycles. The van der Waals surface area contributed by atoms with E-state index in [1.807, 2.05) is 16.7 Å². The van der Waals surface area contributed by atoms with Crippen molar-refractivity contribution >= 4 is 0 Å². The minimum Gasteiger partial charge on any atom is -0.309 e. The zero-order valence-corrected chi connectivity index (χ0v) is 18.9. The molecule has 158 valence electrons. The molecule has 1 unspecified atom stereocenters. The summed E-state index contributed by atoms with van der Waals surface area (Å²) in [4.78, 5) is 2.43. The lowest BCUT2D eigenvalue weighted by molar-refractivity contribution is 0.319. The molecule has 0 aliphatic heterocycles. The highest BCUT2D eigenvalue weighted by atomic mass is 15.0. The SMILES string of the molecule is CN(C)CCC1C(C2CCCCC2)=CC(C2CCCCC2)=C1C1CCCCC1. The van der Waals surface area contributed by atoms with Crippen molar-refractivity contribution in [3.63, 3.8) is 0 Å². The van der Waals surface area contributed by atoms with Crippen molar-refractivity contribution in [2.75, 3.05) is 20.6 Å². The lowest BCUT2D eigenvalue weighted by Crippen LogP contribution is -2.25. The second-order valence-corrected chi connectivity index (χ2v) is 10.7. The lowest BCUT2D eigenvalue weighted by Gasteiger charge is -2.34. The first kappa shape index (κ1) is 20.7. The number of nitrogens with zero attached hydrogens (tertiary/aromatic N) is 1. The molecule has 4 rings (SSSR count). The van der Waals surface area contributed by atoms with Gasteiger partial charge < -0.3 is 4.90 Å². The molecule has 28 heavy (non-hydrogen) atoms. The Morgan fingerprint density at radius 2 is 1.18 bits per heavy atom. The number of rotatable bonds is 6. The smallest absolute Gasteiger partial charge is 0.00338 e. The molecule has 0 spiro atoms. The third kappa shape index (κ3) is 4.77. The number of allylic oxidation sites excluding steroid dienone is 4. The Kier molecular flexibility index (Phi) is 7.37. The van der Waals surface area contributed by atoms with Gasteiger partial charge in [0.15, 0.2) is 0 Å². The van der Waals surface area contributed by atoms with E-state index in [0.717, 1.165) is 23.7 Å². The van der Waals surface area contributed by atoms with E-state index >= 15 is 0 Å². The van der Waals surface area contributed by atoms with Gasteiger partial charge in [0.1, 0.15) is 0 Å². The van der Waals surface area contributed by atoms with E-state index in [9.17, 15) is 0 Å². The zero-order valence-electron chi connectivity index (χ0n) is 18.9. The Hall–Kier alpha value is -0.560. The van der Waals surface area contributed by atoms with Gasteiger partial charge in [0.25, 0.3) is 0 Å². The summed E-state index contributed by atoms with van der Waals surface area (Å²) >= 11 is 0. The van der Waals surface area contributed by atoms with Crippen LogP contribution in [0, 0.1) is 23.7 Å². The summed E-state index contributed by atoms with van der Waals surface area (Å²) < 4.78 is 0. The van der Waals surface area contributed by atoms with Gasteiger partial charge in [-0.3, -0.25) is 0 Å². The Bertz CT molecular complexity index is 551. The van der Waals surface area contributed by atoms with Crippen molar-refractivity contribution in [3.8, 4) is 0 Å². The van der Waals surface area contributed by atoms with Crippen LogP contribution >= 0.6 is 0 Å². The van der Waals surface area contributed by atoms with E-state index in [2.05, 4.69) is 25.1 Å². The Morgan fingerprint density at radius 3 is 1.71 bits per heavy atom. The molecule has 3 fully saturated rings. The highest BCUT2D eigenvalue weighted by Crippen LogP contribution is 2.51. The van der Waals surface area contributed by atoms with Gasteiger partial charge in [-0.2, -0.15) is 0 Å². The topological polar surface area (TPSA) is 3.24 Å². The van der Waals surface area contributed by atoms with Crippen molar-refractivity contribution in [1.82, 2.24) is 4.90 Å². The summed E-state index contributed by atoms with van der Waals surface area (Å²) in [7, 11) is 4.54. The molecule has 0 heterocycles. The molecule has 0 bridgehead atoms. The standard InChI is InChI=1S/C27H45N/c1-28(2)19-18-24-25(21-12-6-3-7-13-21)20-26(22-14-8-4-9-15-22)27(24)23-16-10-5-11-17-23/h20-24H,3-19H2,1-2H3. The molecule has 0 radical (unpaired) electrons. The Labute approximate surface area is 175 Å². The molecular formula is C27H45N. The van der Waals surface area contributed by atoms with Gasteiger partial charge in [-0.25, -0.2) is 0 Å². The summed E-state index contributed by atoms with van der Waals surface area (Å²) in [6.45, 7) is 1.25. The van der Waals surface area contributed by atoms with Gasteiger partial charge in [0.05, 0.1) is 0 Å². The first-order chi connectivity index (χ1) is 13.7. The van der Waals surface area contributed by atoms with Gasteiger partial charge in [0.2, 0.25) is 0 Å². The first-order valence-electron chi connectivity index (χ1n) is 12.8. The molecule has 0 amide bonds. The van der Waals surface area contributed by atoms with E-state index < -0.39 is 0 Å².